The Bertz CT molecular complexity index is 557. The maximum absolute atomic E-state index is 13.6. The molecule has 2 aromatic rings. The molecule has 1 aromatic heterocycles. The highest BCUT2D eigenvalue weighted by Crippen LogP contribution is 2.19. The summed E-state index contributed by atoms with van der Waals surface area (Å²) in [6, 6.07) is 7.82. The molecule has 0 spiro atoms. The van der Waals surface area contributed by atoms with Gasteiger partial charge >= 0.3 is 0 Å². The van der Waals surface area contributed by atoms with Crippen molar-refractivity contribution < 1.29 is 9.13 Å². The number of amidine groups is 1. The van der Waals surface area contributed by atoms with Gasteiger partial charge in [0, 0.05) is 23.5 Å². The molecule has 5 heteroatoms. The maximum atomic E-state index is 13.6. The molecule has 0 saturated carbocycles. The number of aromatic nitrogens is 1. The molecule has 0 radical (unpaired) electrons. The number of benzene rings is 1. The van der Waals surface area contributed by atoms with E-state index in [-0.39, 0.29) is 18.2 Å². The van der Waals surface area contributed by atoms with Crippen LogP contribution in [0.5, 0.6) is 5.75 Å². The highest BCUT2D eigenvalue weighted by atomic mass is 19.1. The van der Waals surface area contributed by atoms with Gasteiger partial charge in [-0.05, 0) is 24.3 Å². The first-order chi connectivity index (χ1) is 8.66. The molecule has 2 rings (SSSR count). The van der Waals surface area contributed by atoms with Gasteiger partial charge < -0.3 is 10.5 Å². The van der Waals surface area contributed by atoms with Crippen molar-refractivity contribution in [1.29, 1.82) is 5.41 Å². The number of pyridine rings is 1. The lowest BCUT2D eigenvalue weighted by molar-refractivity contribution is 0.290. The van der Waals surface area contributed by atoms with E-state index in [2.05, 4.69) is 4.98 Å². The molecule has 1 heterocycles. The van der Waals surface area contributed by atoms with Gasteiger partial charge in [0.1, 0.15) is 12.4 Å². The van der Waals surface area contributed by atoms with Gasteiger partial charge in [-0.25, -0.2) is 4.39 Å². The fourth-order valence-electron chi connectivity index (χ4n) is 1.43. The Hall–Kier alpha value is -2.43. The standard InChI is InChI=1S/C13H12FN3O/c14-11-6-10(13(15)16)3-4-12(11)18-8-9-2-1-5-17-7-9/h1-7H,8H2,(H3,15,16). The van der Waals surface area contributed by atoms with Gasteiger partial charge in [-0.2, -0.15) is 0 Å². The van der Waals surface area contributed by atoms with Crippen LogP contribution in [-0.2, 0) is 6.61 Å². The molecule has 0 saturated heterocycles. The second kappa shape index (κ2) is 5.27. The van der Waals surface area contributed by atoms with Crippen LogP contribution >= 0.6 is 0 Å². The van der Waals surface area contributed by atoms with E-state index in [1.54, 1.807) is 24.5 Å². The molecular weight excluding hydrogens is 233 g/mol. The Kier molecular flexibility index (Phi) is 3.52. The van der Waals surface area contributed by atoms with Crippen LogP contribution in [0.15, 0.2) is 42.7 Å². The van der Waals surface area contributed by atoms with Crippen LogP contribution in [0.3, 0.4) is 0 Å². The average molecular weight is 245 g/mol. The molecular formula is C13H12FN3O. The molecule has 1 aromatic carbocycles. The molecule has 0 aliphatic heterocycles. The number of rotatable bonds is 4. The fraction of sp³-hybridized carbons (Fsp3) is 0.0769. The van der Waals surface area contributed by atoms with Crippen LogP contribution in [0.1, 0.15) is 11.1 Å². The van der Waals surface area contributed by atoms with Crippen molar-refractivity contribution in [3.63, 3.8) is 0 Å². The summed E-state index contributed by atoms with van der Waals surface area (Å²) in [6.07, 6.45) is 3.31. The second-order valence-corrected chi connectivity index (χ2v) is 3.71. The minimum absolute atomic E-state index is 0.129. The van der Waals surface area contributed by atoms with E-state index in [1.807, 2.05) is 6.07 Å². The van der Waals surface area contributed by atoms with E-state index >= 15 is 0 Å². The lowest BCUT2D eigenvalue weighted by atomic mass is 10.2. The van der Waals surface area contributed by atoms with Crippen molar-refractivity contribution >= 4 is 5.84 Å². The SMILES string of the molecule is N=C(N)c1ccc(OCc2cccnc2)c(F)c1. The molecule has 0 bridgehead atoms. The monoisotopic (exact) mass is 245 g/mol. The zero-order valence-corrected chi connectivity index (χ0v) is 9.56. The Morgan fingerprint density at radius 2 is 2.22 bits per heavy atom. The maximum Gasteiger partial charge on any atom is 0.165 e. The minimum atomic E-state index is -0.536. The molecule has 92 valence electrons. The average Bonchev–Trinajstić information content (AvgIpc) is 2.38. The molecule has 0 atom stereocenters. The first-order valence-electron chi connectivity index (χ1n) is 5.32. The summed E-state index contributed by atoms with van der Waals surface area (Å²) >= 11 is 0. The lowest BCUT2D eigenvalue weighted by Crippen LogP contribution is -2.11. The second-order valence-electron chi connectivity index (χ2n) is 3.71. The van der Waals surface area contributed by atoms with Crippen LogP contribution in [0.4, 0.5) is 4.39 Å². The van der Waals surface area contributed by atoms with Gasteiger partial charge in [0.15, 0.2) is 11.6 Å². The van der Waals surface area contributed by atoms with Gasteiger partial charge in [-0.15, -0.1) is 0 Å². The number of hydrogen-bond donors (Lipinski definition) is 2. The van der Waals surface area contributed by atoms with Crippen molar-refractivity contribution in [2.75, 3.05) is 0 Å². The minimum Gasteiger partial charge on any atom is -0.486 e. The van der Waals surface area contributed by atoms with Crippen molar-refractivity contribution in [3.8, 4) is 5.75 Å². The molecule has 0 aliphatic carbocycles. The van der Waals surface area contributed by atoms with E-state index < -0.39 is 5.82 Å². The summed E-state index contributed by atoms with van der Waals surface area (Å²) in [5, 5.41) is 7.20. The summed E-state index contributed by atoms with van der Waals surface area (Å²) in [5.41, 5.74) is 6.45. The number of nitrogens with two attached hydrogens (primary N) is 1. The zero-order valence-electron chi connectivity index (χ0n) is 9.56. The molecule has 0 unspecified atom stereocenters. The normalized spacial score (nSPS) is 10.1. The van der Waals surface area contributed by atoms with Gasteiger partial charge in [-0.3, -0.25) is 10.4 Å². The summed E-state index contributed by atoms with van der Waals surface area (Å²) in [6.45, 7) is 0.240. The molecule has 3 N–H and O–H groups in total. The van der Waals surface area contributed by atoms with E-state index in [9.17, 15) is 4.39 Å². The van der Waals surface area contributed by atoms with Gasteiger partial charge in [0.05, 0.1) is 0 Å². The number of halogens is 1. The highest BCUT2D eigenvalue weighted by Gasteiger charge is 2.06. The number of nitrogens with one attached hydrogen (secondary N) is 1. The third-order valence-corrected chi connectivity index (χ3v) is 2.36. The van der Waals surface area contributed by atoms with E-state index in [0.29, 0.717) is 5.56 Å². The van der Waals surface area contributed by atoms with Crippen LogP contribution in [-0.4, -0.2) is 10.8 Å². The molecule has 0 fully saturated rings. The number of ether oxygens (including phenoxy) is 1. The topological polar surface area (TPSA) is 72.0 Å². The fourth-order valence-corrected chi connectivity index (χ4v) is 1.43. The summed E-state index contributed by atoms with van der Waals surface area (Å²) in [5.74, 6) is -0.580. The zero-order chi connectivity index (χ0) is 13.0. The Morgan fingerprint density at radius 3 is 2.83 bits per heavy atom. The number of nitrogen functional groups attached to an aromatic ring is 1. The van der Waals surface area contributed by atoms with Crippen LogP contribution in [0, 0.1) is 11.2 Å². The summed E-state index contributed by atoms with van der Waals surface area (Å²) in [7, 11) is 0. The van der Waals surface area contributed by atoms with E-state index in [1.165, 1.54) is 12.1 Å². The van der Waals surface area contributed by atoms with Crippen LogP contribution < -0.4 is 10.5 Å². The van der Waals surface area contributed by atoms with Crippen LogP contribution in [0.25, 0.3) is 0 Å². The molecule has 0 aliphatic rings. The number of hydrogen-bond acceptors (Lipinski definition) is 3. The quantitative estimate of drug-likeness (QED) is 0.640. The first kappa shape index (κ1) is 12.0. The molecule has 0 amide bonds. The third-order valence-electron chi connectivity index (χ3n) is 2.36. The third kappa shape index (κ3) is 2.82. The number of nitrogens with zero attached hydrogens (tertiary/aromatic N) is 1. The van der Waals surface area contributed by atoms with Gasteiger partial charge in [-0.1, -0.05) is 6.07 Å². The smallest absolute Gasteiger partial charge is 0.165 e. The van der Waals surface area contributed by atoms with Crippen molar-refractivity contribution in [1.82, 2.24) is 4.98 Å². The highest BCUT2D eigenvalue weighted by molar-refractivity contribution is 5.95. The van der Waals surface area contributed by atoms with E-state index in [4.69, 9.17) is 15.9 Å². The van der Waals surface area contributed by atoms with Gasteiger partial charge in [0.2, 0.25) is 0 Å². The van der Waals surface area contributed by atoms with Crippen molar-refractivity contribution in [2.45, 2.75) is 6.61 Å². The van der Waals surface area contributed by atoms with E-state index in [0.717, 1.165) is 5.56 Å². The lowest BCUT2D eigenvalue weighted by Gasteiger charge is -2.08. The molecule has 4 nitrogen and oxygen atoms in total. The summed E-state index contributed by atoms with van der Waals surface area (Å²) in [4.78, 5) is 3.94. The Morgan fingerprint density at radius 1 is 1.39 bits per heavy atom. The Labute approximate surface area is 104 Å². The Balaban J connectivity index is 2.08. The van der Waals surface area contributed by atoms with Crippen molar-refractivity contribution in [2.24, 2.45) is 5.73 Å². The predicted molar refractivity (Wildman–Crippen MR) is 66.0 cm³/mol. The van der Waals surface area contributed by atoms with Crippen LogP contribution in [0.2, 0.25) is 0 Å². The predicted octanol–water partition coefficient (Wildman–Crippen LogP) is 2.08. The summed E-state index contributed by atoms with van der Waals surface area (Å²) < 4.78 is 19.0. The first-order valence-corrected chi connectivity index (χ1v) is 5.32. The van der Waals surface area contributed by atoms with Gasteiger partial charge in [0.25, 0.3) is 0 Å². The molecule has 18 heavy (non-hydrogen) atoms. The largest absolute Gasteiger partial charge is 0.486 e. The van der Waals surface area contributed by atoms with Crippen molar-refractivity contribution in [3.05, 3.63) is 59.7 Å².